The van der Waals surface area contributed by atoms with Gasteiger partial charge in [-0.25, -0.2) is 0 Å². The summed E-state index contributed by atoms with van der Waals surface area (Å²) >= 11 is 0. The Morgan fingerprint density at radius 2 is 1.76 bits per heavy atom. The zero-order chi connectivity index (χ0) is 16.1. The van der Waals surface area contributed by atoms with E-state index < -0.39 is 8.32 Å². The molecule has 1 unspecified atom stereocenters. The number of carbonyl (C=O) groups excluding carboxylic acids is 1. The number of fused-ring (bicyclic) bond motifs is 1. The Morgan fingerprint density at radius 1 is 1.19 bits per heavy atom. The van der Waals surface area contributed by atoms with Crippen LogP contribution >= 0.6 is 0 Å². The van der Waals surface area contributed by atoms with E-state index in [0.29, 0.717) is 0 Å². The molecule has 0 bridgehead atoms. The summed E-state index contributed by atoms with van der Waals surface area (Å²) in [4.78, 5) is 12.2. The number of ether oxygens (including phenoxy) is 1. The van der Waals surface area contributed by atoms with Crippen molar-refractivity contribution in [1.82, 2.24) is 0 Å². The van der Waals surface area contributed by atoms with Crippen LogP contribution in [-0.4, -0.2) is 27.0 Å². The largest absolute Gasteiger partial charge is 0.469 e. The van der Waals surface area contributed by atoms with Gasteiger partial charge in [0.25, 0.3) is 0 Å². The van der Waals surface area contributed by atoms with Crippen molar-refractivity contribution in [2.75, 3.05) is 7.11 Å². The van der Waals surface area contributed by atoms with Crippen LogP contribution in [0.2, 0.25) is 18.1 Å². The number of esters is 1. The van der Waals surface area contributed by atoms with Crippen LogP contribution in [0, 0.1) is 11.3 Å². The standard InChI is InChI=1S/C17H32O3Si/c1-15(2,3)21(6,7)20-17-11-9-8-10-16(17,4)12-13(17)14(18)19-5/h13H,8-12H2,1-7H3/t13?,16-,17+/m0/s1. The van der Waals surface area contributed by atoms with Gasteiger partial charge in [-0.15, -0.1) is 0 Å². The second-order valence-electron chi connectivity index (χ2n) is 8.80. The highest BCUT2D eigenvalue weighted by atomic mass is 28.4. The summed E-state index contributed by atoms with van der Waals surface area (Å²) in [6, 6.07) is 0. The van der Waals surface area contributed by atoms with E-state index in [9.17, 15) is 4.79 Å². The molecule has 0 radical (unpaired) electrons. The predicted octanol–water partition coefficient (Wildman–Crippen LogP) is 4.52. The average molecular weight is 313 g/mol. The fourth-order valence-corrected chi connectivity index (χ4v) is 5.75. The third-order valence-electron chi connectivity index (χ3n) is 6.50. The van der Waals surface area contributed by atoms with Crippen molar-refractivity contribution in [3.63, 3.8) is 0 Å². The third kappa shape index (κ3) is 2.48. The predicted molar refractivity (Wildman–Crippen MR) is 87.7 cm³/mol. The molecule has 2 rings (SSSR count). The van der Waals surface area contributed by atoms with Crippen LogP contribution in [0.25, 0.3) is 0 Å². The van der Waals surface area contributed by atoms with Crippen LogP contribution in [0.1, 0.15) is 59.8 Å². The maximum Gasteiger partial charge on any atom is 0.311 e. The quantitative estimate of drug-likeness (QED) is 0.568. The Kier molecular flexibility index (Phi) is 4.12. The minimum Gasteiger partial charge on any atom is -0.469 e. The van der Waals surface area contributed by atoms with Crippen molar-refractivity contribution in [3.05, 3.63) is 0 Å². The smallest absolute Gasteiger partial charge is 0.311 e. The van der Waals surface area contributed by atoms with Crippen molar-refractivity contribution in [1.29, 1.82) is 0 Å². The molecule has 2 saturated carbocycles. The first kappa shape index (κ1) is 17.0. The van der Waals surface area contributed by atoms with E-state index in [1.165, 1.54) is 20.0 Å². The second kappa shape index (κ2) is 5.09. The van der Waals surface area contributed by atoms with Gasteiger partial charge in [-0.3, -0.25) is 4.79 Å². The summed E-state index contributed by atoms with van der Waals surface area (Å²) in [6.45, 7) is 13.7. The van der Waals surface area contributed by atoms with Gasteiger partial charge < -0.3 is 9.16 Å². The molecule has 0 N–H and O–H groups in total. The van der Waals surface area contributed by atoms with Gasteiger partial charge in [0.1, 0.15) is 0 Å². The van der Waals surface area contributed by atoms with Crippen molar-refractivity contribution in [2.24, 2.45) is 11.3 Å². The molecule has 2 aliphatic rings. The first-order valence-electron chi connectivity index (χ1n) is 8.27. The average Bonchev–Trinajstić information content (AvgIpc) is 2.35. The third-order valence-corrected chi connectivity index (χ3v) is 11.0. The highest BCUT2D eigenvalue weighted by Gasteiger charge is 2.68. The highest BCUT2D eigenvalue weighted by Crippen LogP contribution is 2.65. The fraction of sp³-hybridized carbons (Fsp3) is 0.941. The van der Waals surface area contributed by atoms with Crippen LogP contribution in [0.3, 0.4) is 0 Å². The summed E-state index contributed by atoms with van der Waals surface area (Å²) in [5.41, 5.74) is -0.124. The van der Waals surface area contributed by atoms with Gasteiger partial charge in [0.2, 0.25) is 0 Å². The lowest BCUT2D eigenvalue weighted by atomic mass is 9.46. The molecule has 122 valence electrons. The van der Waals surface area contributed by atoms with Crippen LogP contribution in [0.15, 0.2) is 0 Å². The fourth-order valence-electron chi connectivity index (χ4n) is 4.04. The molecule has 0 aromatic carbocycles. The van der Waals surface area contributed by atoms with E-state index in [1.807, 2.05) is 0 Å². The number of methoxy groups -OCH3 is 1. The highest BCUT2D eigenvalue weighted by molar-refractivity contribution is 6.74. The molecule has 2 fully saturated rings. The molecule has 0 aromatic heterocycles. The van der Waals surface area contributed by atoms with Crippen molar-refractivity contribution in [3.8, 4) is 0 Å². The van der Waals surface area contributed by atoms with Gasteiger partial charge in [0, 0.05) is 0 Å². The Morgan fingerprint density at radius 3 is 2.24 bits per heavy atom. The second-order valence-corrected chi connectivity index (χ2v) is 13.5. The van der Waals surface area contributed by atoms with Gasteiger partial charge >= 0.3 is 5.97 Å². The summed E-state index contributed by atoms with van der Waals surface area (Å²) in [7, 11) is -0.410. The molecular weight excluding hydrogens is 280 g/mol. The summed E-state index contributed by atoms with van der Waals surface area (Å²) in [5.74, 6) is -0.144. The number of carbonyl (C=O) groups is 1. The molecule has 0 amide bonds. The van der Waals surface area contributed by atoms with Crippen LogP contribution in [-0.2, 0) is 14.0 Å². The van der Waals surface area contributed by atoms with Crippen molar-refractivity contribution >= 4 is 14.3 Å². The van der Waals surface area contributed by atoms with Crippen LogP contribution < -0.4 is 0 Å². The van der Waals surface area contributed by atoms with Gasteiger partial charge in [0.15, 0.2) is 8.32 Å². The molecule has 21 heavy (non-hydrogen) atoms. The van der Waals surface area contributed by atoms with Gasteiger partial charge in [-0.2, -0.15) is 0 Å². The minimum absolute atomic E-state index is 0.0677. The number of hydrogen-bond acceptors (Lipinski definition) is 3. The maximum atomic E-state index is 12.2. The Bertz CT molecular complexity index is 426. The SMILES string of the molecule is COC(=O)C1C[C@]2(C)CCCC[C@@]12O[Si](C)(C)C(C)(C)C. The van der Waals surface area contributed by atoms with Crippen molar-refractivity contribution in [2.45, 2.75) is 83.5 Å². The lowest BCUT2D eigenvalue weighted by Crippen LogP contribution is -2.71. The first-order valence-corrected chi connectivity index (χ1v) is 11.2. The molecule has 0 aromatic rings. The zero-order valence-corrected chi connectivity index (χ0v) is 15.8. The normalized spacial score (nSPS) is 36.6. The van der Waals surface area contributed by atoms with Gasteiger partial charge in [-0.05, 0) is 42.8 Å². The van der Waals surface area contributed by atoms with E-state index in [2.05, 4.69) is 40.8 Å². The zero-order valence-electron chi connectivity index (χ0n) is 14.8. The minimum atomic E-state index is -1.91. The summed E-state index contributed by atoms with van der Waals surface area (Å²) in [5, 5.41) is 0.163. The lowest BCUT2D eigenvalue weighted by Gasteiger charge is -2.66. The van der Waals surface area contributed by atoms with E-state index in [4.69, 9.17) is 9.16 Å². The molecule has 2 aliphatic carbocycles. The van der Waals surface area contributed by atoms with Crippen LogP contribution in [0.4, 0.5) is 0 Å². The number of rotatable bonds is 3. The first-order chi connectivity index (χ1) is 9.49. The molecule has 0 spiro atoms. The molecule has 3 nitrogen and oxygen atoms in total. The molecule has 3 atom stereocenters. The van der Waals surface area contributed by atoms with Crippen molar-refractivity contribution < 1.29 is 14.0 Å². The summed E-state index contributed by atoms with van der Waals surface area (Å²) < 4.78 is 12.0. The molecule has 0 aliphatic heterocycles. The van der Waals surface area contributed by atoms with Crippen LogP contribution in [0.5, 0.6) is 0 Å². The maximum absolute atomic E-state index is 12.2. The van der Waals surface area contributed by atoms with E-state index in [0.717, 1.165) is 19.3 Å². The molecule has 0 heterocycles. The molecule has 4 heteroatoms. The van der Waals surface area contributed by atoms with Gasteiger partial charge in [-0.1, -0.05) is 40.5 Å². The van der Waals surface area contributed by atoms with E-state index >= 15 is 0 Å². The lowest BCUT2D eigenvalue weighted by molar-refractivity contribution is -0.228. The summed E-state index contributed by atoms with van der Waals surface area (Å²) in [6.07, 6.45) is 5.53. The van der Waals surface area contributed by atoms with E-state index in [1.54, 1.807) is 0 Å². The monoisotopic (exact) mass is 312 g/mol. The molecular formula is C17H32O3Si. The Balaban J connectivity index is 2.35. The molecule has 0 saturated heterocycles. The Labute approximate surface area is 130 Å². The Hall–Kier alpha value is -0.353. The topological polar surface area (TPSA) is 35.5 Å². The van der Waals surface area contributed by atoms with E-state index in [-0.39, 0.29) is 27.9 Å². The number of hydrogen-bond donors (Lipinski definition) is 0. The van der Waals surface area contributed by atoms with Gasteiger partial charge in [0.05, 0.1) is 18.6 Å².